The topological polar surface area (TPSA) is 32.8 Å². The van der Waals surface area contributed by atoms with Crippen LogP contribution in [0.25, 0.3) is 0 Å². The summed E-state index contributed by atoms with van der Waals surface area (Å²) in [6, 6.07) is 20.2. The number of carbonyl (C=O) groups is 1. The molecule has 0 radical (unpaired) electrons. The number of likely N-dealkylation sites (tertiary alicyclic amines) is 1. The van der Waals surface area contributed by atoms with Gasteiger partial charge in [0.2, 0.25) is 0 Å². The summed E-state index contributed by atoms with van der Waals surface area (Å²) in [6.07, 6.45) is 5.52. The van der Waals surface area contributed by atoms with Gasteiger partial charge in [-0.25, -0.2) is 4.79 Å². The van der Waals surface area contributed by atoms with Crippen molar-refractivity contribution in [2.24, 2.45) is 5.41 Å². The molecule has 0 spiro atoms. The van der Waals surface area contributed by atoms with E-state index in [4.69, 9.17) is 4.74 Å². The lowest BCUT2D eigenvalue weighted by Crippen LogP contribution is -2.63. The molecule has 1 aliphatic rings. The van der Waals surface area contributed by atoms with Gasteiger partial charge in [-0.1, -0.05) is 82.1 Å². The molecule has 4 nitrogen and oxygen atoms in total. The number of rotatable bonds is 11. The second-order valence-electron chi connectivity index (χ2n) is 10.5. The zero-order valence-electron chi connectivity index (χ0n) is 21.9. The fourth-order valence-electron chi connectivity index (χ4n) is 5.55. The molecule has 4 heteroatoms. The minimum Gasteiger partial charge on any atom is -0.450 e. The maximum atomic E-state index is 13.5. The molecule has 1 heterocycles. The summed E-state index contributed by atoms with van der Waals surface area (Å²) < 4.78 is 6.70. The molecule has 1 saturated heterocycles. The van der Waals surface area contributed by atoms with E-state index in [0.29, 0.717) is 11.6 Å². The minimum atomic E-state index is -0.705. The first-order valence-corrected chi connectivity index (χ1v) is 13.1. The van der Waals surface area contributed by atoms with Crippen LogP contribution < -0.4 is 0 Å². The van der Waals surface area contributed by atoms with E-state index in [1.165, 1.54) is 25.7 Å². The van der Waals surface area contributed by atoms with Crippen LogP contribution in [-0.4, -0.2) is 55.0 Å². The maximum Gasteiger partial charge on any atom is 0.339 e. The van der Waals surface area contributed by atoms with Crippen LogP contribution in [0.2, 0.25) is 0 Å². The average Bonchev–Trinajstić information content (AvgIpc) is 2.85. The molecule has 0 saturated carbocycles. The summed E-state index contributed by atoms with van der Waals surface area (Å²) in [5.41, 5.74) is 0.749. The second-order valence-corrected chi connectivity index (χ2v) is 10.5. The highest BCUT2D eigenvalue weighted by atomic mass is 16.6. The molecule has 0 N–H and O–H groups in total. The van der Waals surface area contributed by atoms with Gasteiger partial charge in [-0.3, -0.25) is 0 Å². The van der Waals surface area contributed by atoms with Crippen LogP contribution >= 0.6 is 0 Å². The Labute approximate surface area is 207 Å². The van der Waals surface area contributed by atoms with Crippen molar-refractivity contribution in [3.05, 3.63) is 71.8 Å². The Kier molecular flexibility index (Phi) is 9.32. The number of hydrogen-bond acceptors (Lipinski definition) is 4. The lowest BCUT2D eigenvalue weighted by molar-refractivity contribution is -0.159. The Morgan fingerprint density at radius 3 is 2.12 bits per heavy atom. The predicted octanol–water partition coefficient (Wildman–Crippen LogP) is 6.37. The number of carbonyl (C=O) groups excluding carboxylic acids is 1. The molecule has 0 aromatic heterocycles. The first kappa shape index (κ1) is 26.4. The highest BCUT2D eigenvalue weighted by Gasteiger charge is 2.57. The predicted molar refractivity (Wildman–Crippen MR) is 141 cm³/mol. The van der Waals surface area contributed by atoms with E-state index < -0.39 is 5.60 Å². The number of nitrogens with zero attached hydrogens (tertiary/aromatic N) is 2. The maximum absolute atomic E-state index is 13.5. The number of esters is 1. The molecule has 186 valence electrons. The highest BCUT2D eigenvalue weighted by Crippen LogP contribution is 2.51. The first-order valence-electron chi connectivity index (χ1n) is 13.1. The Hall–Kier alpha value is -2.17. The van der Waals surface area contributed by atoms with E-state index in [9.17, 15) is 4.79 Å². The van der Waals surface area contributed by atoms with Gasteiger partial charge < -0.3 is 14.5 Å². The molecular weight excluding hydrogens is 420 g/mol. The number of ether oxygens (including phenoxy) is 1. The molecule has 3 unspecified atom stereocenters. The van der Waals surface area contributed by atoms with Crippen LogP contribution in [0, 0.1) is 5.41 Å². The Bertz CT molecular complexity index is 879. The SMILES string of the molecule is CCCCN(CCCC)CC1(C)CN(C)C(C)CC1(OC(=O)c1ccccc1)c1ccccc1. The van der Waals surface area contributed by atoms with E-state index in [1.54, 1.807) is 0 Å². The molecule has 1 aliphatic heterocycles. The summed E-state index contributed by atoms with van der Waals surface area (Å²) in [4.78, 5) is 18.6. The van der Waals surface area contributed by atoms with Gasteiger partial charge in [0.1, 0.15) is 5.60 Å². The number of benzene rings is 2. The quantitative estimate of drug-likeness (QED) is 0.362. The van der Waals surface area contributed by atoms with Gasteiger partial charge in [0.15, 0.2) is 0 Å². The van der Waals surface area contributed by atoms with Crippen LogP contribution in [0.15, 0.2) is 60.7 Å². The smallest absolute Gasteiger partial charge is 0.339 e. The van der Waals surface area contributed by atoms with Crippen LogP contribution in [0.5, 0.6) is 0 Å². The molecule has 1 fully saturated rings. The van der Waals surface area contributed by atoms with Gasteiger partial charge in [0.25, 0.3) is 0 Å². The van der Waals surface area contributed by atoms with E-state index in [-0.39, 0.29) is 11.4 Å². The van der Waals surface area contributed by atoms with Gasteiger partial charge in [0.05, 0.1) is 5.56 Å². The Morgan fingerprint density at radius 1 is 1.00 bits per heavy atom. The number of piperidine rings is 1. The van der Waals surface area contributed by atoms with E-state index in [0.717, 1.165) is 38.2 Å². The third-order valence-electron chi connectivity index (χ3n) is 7.65. The zero-order chi connectivity index (χ0) is 24.6. The van der Waals surface area contributed by atoms with Crippen molar-refractivity contribution in [2.45, 2.75) is 71.4 Å². The monoisotopic (exact) mass is 464 g/mol. The van der Waals surface area contributed by atoms with Crippen molar-refractivity contribution in [3.63, 3.8) is 0 Å². The van der Waals surface area contributed by atoms with Gasteiger partial charge >= 0.3 is 5.97 Å². The first-order chi connectivity index (χ1) is 16.3. The van der Waals surface area contributed by atoms with Crippen LogP contribution in [0.4, 0.5) is 0 Å². The third-order valence-corrected chi connectivity index (χ3v) is 7.65. The lowest BCUT2D eigenvalue weighted by atomic mass is 9.63. The summed E-state index contributed by atoms with van der Waals surface area (Å²) in [7, 11) is 2.21. The van der Waals surface area contributed by atoms with Gasteiger partial charge in [-0.15, -0.1) is 0 Å². The molecule has 2 aromatic rings. The second kappa shape index (κ2) is 12.0. The van der Waals surface area contributed by atoms with Crippen molar-refractivity contribution >= 4 is 5.97 Å². The van der Waals surface area contributed by atoms with Crippen molar-refractivity contribution in [3.8, 4) is 0 Å². The molecule has 0 aliphatic carbocycles. The Balaban J connectivity index is 2.07. The van der Waals surface area contributed by atoms with Crippen LogP contribution in [0.1, 0.15) is 75.7 Å². The summed E-state index contributed by atoms with van der Waals surface area (Å²) >= 11 is 0. The largest absolute Gasteiger partial charge is 0.450 e. The van der Waals surface area contributed by atoms with Crippen molar-refractivity contribution in [2.75, 3.05) is 33.2 Å². The molecule has 3 rings (SSSR count). The number of unbranched alkanes of at least 4 members (excludes halogenated alkanes) is 2. The van der Waals surface area contributed by atoms with Gasteiger partial charge in [-0.05, 0) is 57.6 Å². The summed E-state index contributed by atoms with van der Waals surface area (Å²) in [5, 5.41) is 0. The van der Waals surface area contributed by atoms with E-state index in [1.807, 2.05) is 36.4 Å². The number of hydrogen-bond donors (Lipinski definition) is 0. The summed E-state index contributed by atoms with van der Waals surface area (Å²) in [5.74, 6) is -0.235. The minimum absolute atomic E-state index is 0.235. The van der Waals surface area contributed by atoms with Crippen molar-refractivity contribution in [1.82, 2.24) is 9.80 Å². The van der Waals surface area contributed by atoms with E-state index in [2.05, 4.69) is 68.8 Å². The molecule has 2 aromatic carbocycles. The highest BCUT2D eigenvalue weighted by molar-refractivity contribution is 5.89. The molecular formula is C30H44N2O2. The Morgan fingerprint density at radius 2 is 1.56 bits per heavy atom. The third kappa shape index (κ3) is 5.90. The van der Waals surface area contributed by atoms with Gasteiger partial charge in [-0.2, -0.15) is 0 Å². The molecule has 0 bridgehead atoms. The fourth-order valence-corrected chi connectivity index (χ4v) is 5.55. The standard InChI is InChI=1S/C30H44N2O2/c1-6-8-20-32(21-9-7-2)24-29(4)23-31(5)25(3)22-30(29,27-18-14-11-15-19-27)34-28(33)26-16-12-10-13-17-26/h10-19,25H,6-9,20-24H2,1-5H3. The zero-order valence-corrected chi connectivity index (χ0v) is 21.9. The van der Waals surface area contributed by atoms with Crippen molar-refractivity contribution in [1.29, 1.82) is 0 Å². The summed E-state index contributed by atoms with van der Waals surface area (Å²) in [6.45, 7) is 13.1. The average molecular weight is 465 g/mol. The fraction of sp³-hybridized carbons (Fsp3) is 0.567. The molecule has 3 atom stereocenters. The van der Waals surface area contributed by atoms with Crippen LogP contribution in [-0.2, 0) is 10.3 Å². The normalized spacial score (nSPS) is 25.4. The lowest BCUT2D eigenvalue weighted by Gasteiger charge is -2.57. The van der Waals surface area contributed by atoms with E-state index >= 15 is 0 Å². The van der Waals surface area contributed by atoms with Crippen molar-refractivity contribution < 1.29 is 9.53 Å². The molecule has 0 amide bonds. The van der Waals surface area contributed by atoms with Gasteiger partial charge in [0, 0.05) is 31.0 Å². The molecule has 34 heavy (non-hydrogen) atoms. The van der Waals surface area contributed by atoms with Crippen LogP contribution in [0.3, 0.4) is 0 Å².